The number of Topliss-reactive ketones (excluding diaryl/α,β-unsaturated/α-hetero) is 2. The van der Waals surface area contributed by atoms with Gasteiger partial charge < -0.3 is 0 Å². The molecule has 0 aliphatic rings. The van der Waals surface area contributed by atoms with Gasteiger partial charge >= 0.3 is 0 Å². The summed E-state index contributed by atoms with van der Waals surface area (Å²) in [6.07, 6.45) is 0.459. The summed E-state index contributed by atoms with van der Waals surface area (Å²) < 4.78 is 0. The third-order valence-corrected chi connectivity index (χ3v) is 1.44. The molecule has 0 aliphatic heterocycles. The van der Waals surface area contributed by atoms with Crippen molar-refractivity contribution in [3.63, 3.8) is 0 Å². The average Bonchev–Trinajstić information content (AvgIpc) is 1.84. The minimum Gasteiger partial charge on any atom is -0.299 e. The molecule has 9 heavy (non-hydrogen) atoms. The number of hydrogen-bond donors (Lipinski definition) is 0. The lowest BCUT2D eigenvalue weighted by atomic mass is 10.0. The number of ketones is 2. The van der Waals surface area contributed by atoms with E-state index in [0.29, 0.717) is 6.42 Å². The number of rotatable bonds is 3. The Labute approximate surface area is 55.3 Å². The molecule has 0 spiro atoms. The third kappa shape index (κ3) is 2.40. The molecule has 0 aromatic heterocycles. The maximum atomic E-state index is 10.7. The van der Waals surface area contributed by atoms with Gasteiger partial charge in [0.25, 0.3) is 0 Å². The first-order valence-electron chi connectivity index (χ1n) is 3.12. The molecule has 0 heterocycles. The van der Waals surface area contributed by atoms with Crippen molar-refractivity contribution in [2.75, 3.05) is 0 Å². The highest BCUT2D eigenvalue weighted by Gasteiger charge is 2.14. The van der Waals surface area contributed by atoms with Crippen molar-refractivity contribution in [3.05, 3.63) is 0 Å². The van der Waals surface area contributed by atoms with Gasteiger partial charge in [-0.15, -0.1) is 0 Å². The first-order chi connectivity index (χ1) is 4.09. The summed E-state index contributed by atoms with van der Waals surface area (Å²) in [4.78, 5) is 21.3. The Balaban J connectivity index is 3.88. The zero-order chi connectivity index (χ0) is 7.44. The van der Waals surface area contributed by atoms with Gasteiger partial charge in [-0.05, 0) is 13.8 Å². The Morgan fingerprint density at radius 1 is 1.44 bits per heavy atom. The summed E-state index contributed by atoms with van der Waals surface area (Å²) in [6.45, 7) is 4.86. The van der Waals surface area contributed by atoms with E-state index < -0.39 is 5.92 Å². The highest BCUT2D eigenvalue weighted by molar-refractivity contribution is 6.00. The fourth-order valence-electron chi connectivity index (χ4n) is 0.533. The normalized spacial score (nSPS) is 12.8. The van der Waals surface area contributed by atoms with Crippen LogP contribution < -0.4 is 0 Å². The second kappa shape index (κ2) is 3.38. The van der Waals surface area contributed by atoms with E-state index in [2.05, 4.69) is 0 Å². The van der Waals surface area contributed by atoms with Crippen molar-refractivity contribution in [2.24, 2.45) is 5.92 Å². The van der Waals surface area contributed by atoms with Crippen LogP contribution in [0.4, 0.5) is 0 Å². The zero-order valence-corrected chi connectivity index (χ0v) is 6.10. The molecule has 0 aromatic carbocycles. The van der Waals surface area contributed by atoms with Gasteiger partial charge in [-0.25, -0.2) is 0 Å². The van der Waals surface area contributed by atoms with Gasteiger partial charge in [-0.2, -0.15) is 0 Å². The summed E-state index contributed by atoms with van der Waals surface area (Å²) in [5, 5.41) is 0. The SMILES string of the molecule is CCC(=O)[C@@H](C)C(C)=O. The summed E-state index contributed by atoms with van der Waals surface area (Å²) >= 11 is 0. The van der Waals surface area contributed by atoms with Crippen LogP contribution in [0.1, 0.15) is 27.2 Å². The van der Waals surface area contributed by atoms with Crippen molar-refractivity contribution in [1.29, 1.82) is 0 Å². The van der Waals surface area contributed by atoms with Crippen molar-refractivity contribution in [1.82, 2.24) is 0 Å². The van der Waals surface area contributed by atoms with E-state index in [-0.39, 0.29) is 11.6 Å². The predicted molar refractivity (Wildman–Crippen MR) is 35.1 cm³/mol. The van der Waals surface area contributed by atoms with Crippen LogP contribution in [0.5, 0.6) is 0 Å². The Kier molecular flexibility index (Phi) is 3.13. The molecule has 0 saturated heterocycles. The molecule has 0 N–H and O–H groups in total. The second-order valence-electron chi connectivity index (χ2n) is 2.15. The van der Waals surface area contributed by atoms with E-state index >= 15 is 0 Å². The molecule has 0 aliphatic carbocycles. The molecule has 0 unspecified atom stereocenters. The quantitative estimate of drug-likeness (QED) is 0.535. The maximum Gasteiger partial charge on any atom is 0.142 e. The summed E-state index contributed by atoms with van der Waals surface area (Å²) in [7, 11) is 0. The Morgan fingerprint density at radius 2 is 1.89 bits per heavy atom. The van der Waals surface area contributed by atoms with Crippen LogP contribution in [0.2, 0.25) is 0 Å². The van der Waals surface area contributed by atoms with Crippen molar-refractivity contribution in [3.8, 4) is 0 Å². The lowest BCUT2D eigenvalue weighted by Crippen LogP contribution is -2.16. The number of carbonyl (C=O) groups excluding carboxylic acids is 2. The number of carbonyl (C=O) groups is 2. The molecule has 2 heteroatoms. The van der Waals surface area contributed by atoms with Gasteiger partial charge in [0.1, 0.15) is 11.6 Å². The van der Waals surface area contributed by atoms with Crippen LogP contribution in [0, 0.1) is 5.92 Å². The van der Waals surface area contributed by atoms with E-state index in [1.807, 2.05) is 0 Å². The molecule has 0 radical (unpaired) electrons. The molecular formula is C7H12O2. The van der Waals surface area contributed by atoms with E-state index in [0.717, 1.165) is 0 Å². The Bertz CT molecular complexity index is 127. The van der Waals surface area contributed by atoms with Crippen LogP contribution in [0.3, 0.4) is 0 Å². The standard InChI is InChI=1S/C7H12O2/c1-4-7(9)5(2)6(3)8/h5H,4H2,1-3H3/t5-/m0/s1. The molecule has 52 valence electrons. The van der Waals surface area contributed by atoms with Gasteiger partial charge in [0.15, 0.2) is 0 Å². The van der Waals surface area contributed by atoms with E-state index in [4.69, 9.17) is 0 Å². The van der Waals surface area contributed by atoms with Crippen LogP contribution in [0.15, 0.2) is 0 Å². The minimum atomic E-state index is -0.394. The minimum absolute atomic E-state index is 0.0301. The average molecular weight is 128 g/mol. The maximum absolute atomic E-state index is 10.7. The molecule has 1 atom stereocenters. The van der Waals surface area contributed by atoms with Gasteiger partial charge in [0.05, 0.1) is 5.92 Å². The molecule has 2 nitrogen and oxygen atoms in total. The van der Waals surface area contributed by atoms with Crippen molar-refractivity contribution >= 4 is 11.6 Å². The first kappa shape index (κ1) is 8.34. The van der Waals surface area contributed by atoms with Gasteiger partial charge in [0.2, 0.25) is 0 Å². The Hall–Kier alpha value is -0.660. The second-order valence-corrected chi connectivity index (χ2v) is 2.15. The highest BCUT2D eigenvalue weighted by Crippen LogP contribution is 2.00. The van der Waals surface area contributed by atoms with E-state index in [9.17, 15) is 9.59 Å². The van der Waals surface area contributed by atoms with Gasteiger partial charge in [0, 0.05) is 6.42 Å². The topological polar surface area (TPSA) is 34.1 Å². The highest BCUT2D eigenvalue weighted by atomic mass is 16.1. The summed E-state index contributed by atoms with van der Waals surface area (Å²) in [5.41, 5.74) is 0. The monoisotopic (exact) mass is 128 g/mol. The van der Waals surface area contributed by atoms with Crippen molar-refractivity contribution in [2.45, 2.75) is 27.2 Å². The lowest BCUT2D eigenvalue weighted by molar-refractivity contribution is -0.130. The lowest BCUT2D eigenvalue weighted by Gasteiger charge is -2.01. The third-order valence-electron chi connectivity index (χ3n) is 1.44. The summed E-state index contributed by atoms with van der Waals surface area (Å²) in [5.74, 6) is -0.403. The molecule has 0 fully saturated rings. The molecule has 0 amide bonds. The van der Waals surface area contributed by atoms with Crippen LogP contribution in [-0.4, -0.2) is 11.6 Å². The fourth-order valence-corrected chi connectivity index (χ4v) is 0.533. The van der Waals surface area contributed by atoms with Crippen LogP contribution in [0.25, 0.3) is 0 Å². The van der Waals surface area contributed by atoms with E-state index in [1.54, 1.807) is 13.8 Å². The number of hydrogen-bond acceptors (Lipinski definition) is 2. The van der Waals surface area contributed by atoms with Crippen LogP contribution in [-0.2, 0) is 9.59 Å². The van der Waals surface area contributed by atoms with Gasteiger partial charge in [-0.1, -0.05) is 6.92 Å². The molecule has 0 bridgehead atoms. The smallest absolute Gasteiger partial charge is 0.142 e. The predicted octanol–water partition coefficient (Wildman–Crippen LogP) is 1.19. The zero-order valence-electron chi connectivity index (χ0n) is 6.10. The van der Waals surface area contributed by atoms with E-state index in [1.165, 1.54) is 6.92 Å². The van der Waals surface area contributed by atoms with Crippen molar-refractivity contribution < 1.29 is 9.59 Å². The van der Waals surface area contributed by atoms with Gasteiger partial charge in [-0.3, -0.25) is 9.59 Å². The molecule has 0 rings (SSSR count). The van der Waals surface area contributed by atoms with Crippen LogP contribution >= 0.6 is 0 Å². The summed E-state index contributed by atoms with van der Waals surface area (Å²) in [6, 6.07) is 0. The molecule has 0 saturated carbocycles. The molecule has 0 aromatic rings. The first-order valence-corrected chi connectivity index (χ1v) is 3.12. The molecular weight excluding hydrogens is 116 g/mol. The fraction of sp³-hybridized carbons (Fsp3) is 0.714. The largest absolute Gasteiger partial charge is 0.299 e. The Morgan fingerprint density at radius 3 is 2.00 bits per heavy atom.